The van der Waals surface area contributed by atoms with Gasteiger partial charge in [-0.25, -0.2) is 25.9 Å². The highest BCUT2D eigenvalue weighted by atomic mass is 32.2. The second-order valence-corrected chi connectivity index (χ2v) is 11.3. The van der Waals surface area contributed by atoms with Crippen LogP contribution in [0.4, 0.5) is 8.78 Å². The summed E-state index contributed by atoms with van der Waals surface area (Å²) in [6.45, 7) is 2.52. The van der Waals surface area contributed by atoms with Crippen molar-refractivity contribution in [2.75, 3.05) is 6.61 Å². The molecular weight excluding hydrogens is 524 g/mol. The first-order valence-electron chi connectivity index (χ1n) is 12.6. The number of halogens is 2. The Morgan fingerprint density at radius 2 is 1.77 bits per heavy atom. The molecule has 1 fully saturated rings. The van der Waals surface area contributed by atoms with Crippen molar-refractivity contribution >= 4 is 20.9 Å². The van der Waals surface area contributed by atoms with Gasteiger partial charge in [-0.2, -0.15) is 5.10 Å². The van der Waals surface area contributed by atoms with Crippen LogP contribution >= 0.6 is 0 Å². The van der Waals surface area contributed by atoms with Crippen molar-refractivity contribution in [1.29, 1.82) is 0 Å². The van der Waals surface area contributed by atoms with E-state index >= 15 is 4.39 Å². The number of hydrogen-bond acceptors (Lipinski definition) is 5. The highest BCUT2D eigenvalue weighted by molar-refractivity contribution is 7.90. The van der Waals surface area contributed by atoms with Crippen LogP contribution in [-0.2, 0) is 14.8 Å². The number of nitrogens with zero attached hydrogens (tertiary/aromatic N) is 3. The van der Waals surface area contributed by atoms with Gasteiger partial charge in [0, 0.05) is 36.0 Å². The Morgan fingerprint density at radius 1 is 0.949 bits per heavy atom. The summed E-state index contributed by atoms with van der Waals surface area (Å²) in [6.07, 6.45) is 5.83. The summed E-state index contributed by atoms with van der Waals surface area (Å²) < 4.78 is 70.5. The van der Waals surface area contributed by atoms with E-state index in [1.165, 1.54) is 42.6 Å². The van der Waals surface area contributed by atoms with Crippen LogP contribution in [0.5, 0.6) is 11.5 Å². The third-order valence-electron chi connectivity index (χ3n) is 6.79. The fourth-order valence-electron chi connectivity index (χ4n) is 4.69. The molecule has 7 nitrogen and oxygen atoms in total. The summed E-state index contributed by atoms with van der Waals surface area (Å²) in [6, 6.07) is 16.3. The Morgan fingerprint density at radius 3 is 2.54 bits per heavy atom. The van der Waals surface area contributed by atoms with Gasteiger partial charge in [-0.3, -0.25) is 0 Å². The van der Waals surface area contributed by atoms with Gasteiger partial charge >= 0.3 is 0 Å². The van der Waals surface area contributed by atoms with E-state index in [0.29, 0.717) is 17.7 Å². The van der Waals surface area contributed by atoms with Gasteiger partial charge in [0.25, 0.3) is 10.0 Å². The van der Waals surface area contributed by atoms with Gasteiger partial charge in [0.1, 0.15) is 17.8 Å². The molecule has 6 rings (SSSR count). The number of ether oxygens (including phenoxy) is 2. The topological polar surface area (TPSA) is 75.3 Å². The number of aryl methyl sites for hydroxylation is 1. The van der Waals surface area contributed by atoms with E-state index in [1.807, 2.05) is 6.92 Å². The van der Waals surface area contributed by atoms with E-state index < -0.39 is 21.7 Å². The van der Waals surface area contributed by atoms with Gasteiger partial charge in [0.05, 0.1) is 16.1 Å². The molecule has 0 bridgehead atoms. The predicted octanol–water partition coefficient (Wildman–Crippen LogP) is 6.82. The molecular formula is C29H25F2N3O4S. The quantitative estimate of drug-likeness (QED) is 0.232. The van der Waals surface area contributed by atoms with Crippen LogP contribution in [0.3, 0.4) is 0 Å². The van der Waals surface area contributed by atoms with Gasteiger partial charge in [-0.15, -0.1) is 0 Å². The fraction of sp³-hybridized carbons (Fsp3) is 0.207. The van der Waals surface area contributed by atoms with Gasteiger partial charge in [0.2, 0.25) is 0 Å². The first kappa shape index (κ1) is 25.3. The van der Waals surface area contributed by atoms with Crippen LogP contribution in [0.15, 0.2) is 84.0 Å². The number of fused-ring (bicyclic) bond motifs is 1. The molecule has 3 aromatic carbocycles. The molecule has 1 saturated heterocycles. The van der Waals surface area contributed by atoms with Crippen molar-refractivity contribution in [2.24, 2.45) is 0 Å². The maximum absolute atomic E-state index is 15.2. The Labute approximate surface area is 224 Å². The third-order valence-corrected chi connectivity index (χ3v) is 8.49. The van der Waals surface area contributed by atoms with Crippen LogP contribution < -0.4 is 4.74 Å². The van der Waals surface area contributed by atoms with Crippen molar-refractivity contribution in [3.8, 4) is 22.8 Å². The maximum atomic E-state index is 15.2. The zero-order valence-electron chi connectivity index (χ0n) is 21.1. The lowest BCUT2D eigenvalue weighted by Gasteiger charge is -2.22. The molecule has 0 aliphatic carbocycles. The predicted molar refractivity (Wildman–Crippen MR) is 142 cm³/mol. The largest absolute Gasteiger partial charge is 0.454 e. The zero-order chi connectivity index (χ0) is 27.1. The van der Waals surface area contributed by atoms with Crippen LogP contribution in [0.2, 0.25) is 0 Å². The van der Waals surface area contributed by atoms with Crippen molar-refractivity contribution < 1.29 is 26.7 Å². The molecule has 1 atom stereocenters. The van der Waals surface area contributed by atoms with E-state index in [-0.39, 0.29) is 33.7 Å². The van der Waals surface area contributed by atoms with E-state index in [9.17, 15) is 12.8 Å². The molecule has 39 heavy (non-hydrogen) atoms. The van der Waals surface area contributed by atoms with Crippen molar-refractivity contribution in [3.05, 3.63) is 96.3 Å². The van der Waals surface area contributed by atoms with Crippen LogP contribution in [0.25, 0.3) is 22.2 Å². The minimum atomic E-state index is -3.93. The van der Waals surface area contributed by atoms with Crippen molar-refractivity contribution in [1.82, 2.24) is 13.8 Å². The van der Waals surface area contributed by atoms with Gasteiger partial charge < -0.3 is 9.47 Å². The lowest BCUT2D eigenvalue weighted by molar-refractivity contribution is -0.0393. The third kappa shape index (κ3) is 4.81. The molecule has 0 saturated carbocycles. The molecule has 1 aliphatic rings. The van der Waals surface area contributed by atoms with Gasteiger partial charge in [-0.05, 0) is 74.7 Å². The summed E-state index contributed by atoms with van der Waals surface area (Å²) >= 11 is 0. The van der Waals surface area contributed by atoms with Gasteiger partial charge in [0.15, 0.2) is 11.6 Å². The molecule has 1 aliphatic heterocycles. The van der Waals surface area contributed by atoms with E-state index in [4.69, 9.17) is 9.47 Å². The molecule has 200 valence electrons. The minimum Gasteiger partial charge on any atom is -0.454 e. The molecule has 1 unspecified atom stereocenters. The lowest BCUT2D eigenvalue weighted by Crippen LogP contribution is -2.18. The Balaban J connectivity index is 1.29. The number of rotatable bonds is 6. The molecule has 2 aromatic heterocycles. The van der Waals surface area contributed by atoms with E-state index in [2.05, 4.69) is 5.10 Å². The molecule has 0 N–H and O–H groups in total. The monoisotopic (exact) mass is 549 g/mol. The SMILES string of the molecule is Cc1ccc(S(=O)(=O)n2ccc3cc(Oc4ccc(F)c(-c5ccn(C6CCCCO6)n5)c4)c(F)cc32)cc1. The smallest absolute Gasteiger partial charge is 0.268 e. The number of aromatic nitrogens is 3. The van der Waals surface area contributed by atoms with Crippen molar-refractivity contribution in [2.45, 2.75) is 37.3 Å². The molecule has 0 amide bonds. The first-order valence-corrected chi connectivity index (χ1v) is 14.0. The van der Waals surface area contributed by atoms with E-state index in [1.54, 1.807) is 35.1 Å². The summed E-state index contributed by atoms with van der Waals surface area (Å²) in [4.78, 5) is 0.0997. The normalized spacial score (nSPS) is 16.0. The molecule has 0 radical (unpaired) electrons. The average Bonchev–Trinajstić information content (AvgIpc) is 3.59. The molecule has 5 aromatic rings. The second-order valence-electron chi connectivity index (χ2n) is 9.52. The minimum absolute atomic E-state index is 0.0997. The summed E-state index contributed by atoms with van der Waals surface area (Å²) in [5, 5.41) is 4.96. The number of hydrogen-bond donors (Lipinski definition) is 0. The van der Waals surface area contributed by atoms with Crippen LogP contribution in [0, 0.1) is 18.6 Å². The highest BCUT2D eigenvalue weighted by Crippen LogP contribution is 2.34. The van der Waals surface area contributed by atoms with Gasteiger partial charge in [-0.1, -0.05) is 17.7 Å². The standard InChI is InChI=1S/C29H25F2N3O4S/c1-19-5-8-22(9-6-19)39(35,36)34-14-11-20-16-28(25(31)18-27(20)34)38-21-7-10-24(30)23(17-21)26-12-13-33(32-26)29-4-2-3-15-37-29/h5-14,16-18,29H,2-4,15H2,1H3. The van der Waals surface area contributed by atoms with Crippen molar-refractivity contribution in [3.63, 3.8) is 0 Å². The van der Waals surface area contributed by atoms with Crippen LogP contribution in [0.1, 0.15) is 31.1 Å². The Hall–Kier alpha value is -4.02. The molecule has 3 heterocycles. The maximum Gasteiger partial charge on any atom is 0.268 e. The molecule has 10 heteroatoms. The average molecular weight is 550 g/mol. The summed E-state index contributed by atoms with van der Waals surface area (Å²) in [5.41, 5.74) is 1.71. The lowest BCUT2D eigenvalue weighted by atomic mass is 10.1. The molecule has 0 spiro atoms. The number of benzene rings is 3. The van der Waals surface area contributed by atoms with Crippen LogP contribution in [-0.4, -0.2) is 28.8 Å². The zero-order valence-corrected chi connectivity index (χ0v) is 21.9. The first-order chi connectivity index (χ1) is 18.8. The second kappa shape index (κ2) is 9.94. The Kier molecular flexibility index (Phi) is 6.44. The van der Waals surface area contributed by atoms with E-state index in [0.717, 1.165) is 34.9 Å². The Bertz CT molecular complexity index is 1770. The fourth-order valence-corrected chi connectivity index (χ4v) is 6.03. The summed E-state index contributed by atoms with van der Waals surface area (Å²) in [7, 11) is -3.93. The summed E-state index contributed by atoms with van der Waals surface area (Å²) in [5.74, 6) is -1.16. The highest BCUT2D eigenvalue weighted by Gasteiger charge is 2.21.